The molecule has 1 aromatic carbocycles. The molecule has 5 heteroatoms. The molecule has 21 heavy (non-hydrogen) atoms. The van der Waals surface area contributed by atoms with Crippen molar-refractivity contribution in [2.24, 2.45) is 0 Å². The summed E-state index contributed by atoms with van der Waals surface area (Å²) in [7, 11) is 0. The molecule has 0 saturated heterocycles. The SMILES string of the molecule is Clc1ccc(Cl)c(C(NC2CC2)c2nc3c(s2)CCC3)c1. The van der Waals surface area contributed by atoms with Crippen molar-refractivity contribution in [2.45, 2.75) is 44.2 Å². The first-order valence-corrected chi connectivity index (χ1v) is 8.97. The summed E-state index contributed by atoms with van der Waals surface area (Å²) in [6, 6.07) is 6.34. The number of halogens is 2. The van der Waals surface area contributed by atoms with Crippen LogP contribution in [-0.4, -0.2) is 11.0 Å². The Morgan fingerprint density at radius 3 is 2.86 bits per heavy atom. The monoisotopic (exact) mass is 338 g/mol. The Labute approximate surface area is 138 Å². The van der Waals surface area contributed by atoms with Gasteiger partial charge in [-0.15, -0.1) is 11.3 Å². The van der Waals surface area contributed by atoms with E-state index in [-0.39, 0.29) is 6.04 Å². The van der Waals surface area contributed by atoms with E-state index in [4.69, 9.17) is 28.2 Å². The molecule has 1 unspecified atom stereocenters. The van der Waals surface area contributed by atoms with E-state index in [1.807, 2.05) is 29.5 Å². The van der Waals surface area contributed by atoms with E-state index >= 15 is 0 Å². The van der Waals surface area contributed by atoms with Crippen LogP contribution in [0.5, 0.6) is 0 Å². The standard InChI is InChI=1S/C16H16Cl2N2S/c17-9-4-7-12(18)11(8-9)15(19-10-5-6-10)16-20-13-2-1-3-14(13)21-16/h4,7-8,10,15,19H,1-3,5-6H2. The van der Waals surface area contributed by atoms with E-state index in [1.165, 1.54) is 36.3 Å². The van der Waals surface area contributed by atoms with Gasteiger partial charge in [-0.1, -0.05) is 23.2 Å². The highest BCUT2D eigenvalue weighted by Gasteiger charge is 2.30. The van der Waals surface area contributed by atoms with Crippen molar-refractivity contribution in [2.75, 3.05) is 0 Å². The van der Waals surface area contributed by atoms with Gasteiger partial charge in [0.05, 0.1) is 11.7 Å². The fraction of sp³-hybridized carbons (Fsp3) is 0.438. The van der Waals surface area contributed by atoms with E-state index in [9.17, 15) is 0 Å². The van der Waals surface area contributed by atoms with Gasteiger partial charge in [0.15, 0.2) is 0 Å². The number of rotatable bonds is 4. The summed E-state index contributed by atoms with van der Waals surface area (Å²) >= 11 is 14.4. The number of hydrogen-bond acceptors (Lipinski definition) is 3. The molecule has 0 radical (unpaired) electrons. The van der Waals surface area contributed by atoms with Gasteiger partial charge in [-0.2, -0.15) is 0 Å². The lowest BCUT2D eigenvalue weighted by atomic mass is 10.1. The van der Waals surface area contributed by atoms with E-state index in [2.05, 4.69) is 5.32 Å². The lowest BCUT2D eigenvalue weighted by Gasteiger charge is -2.18. The molecular formula is C16H16Cl2N2S. The third-order valence-corrected chi connectivity index (χ3v) is 5.91. The first-order chi connectivity index (χ1) is 10.2. The summed E-state index contributed by atoms with van der Waals surface area (Å²) in [4.78, 5) is 6.32. The third-order valence-electron chi connectivity index (χ3n) is 4.11. The number of thiazole rings is 1. The lowest BCUT2D eigenvalue weighted by molar-refractivity contribution is 0.596. The summed E-state index contributed by atoms with van der Waals surface area (Å²) in [6.45, 7) is 0. The highest BCUT2D eigenvalue weighted by Crippen LogP contribution is 2.38. The molecule has 1 saturated carbocycles. The minimum atomic E-state index is 0.0688. The highest BCUT2D eigenvalue weighted by molar-refractivity contribution is 7.11. The first kappa shape index (κ1) is 14.0. The van der Waals surface area contributed by atoms with Crippen molar-refractivity contribution in [3.8, 4) is 0 Å². The van der Waals surface area contributed by atoms with Crippen molar-refractivity contribution in [1.29, 1.82) is 0 Å². The molecule has 1 fully saturated rings. The van der Waals surface area contributed by atoms with Crippen LogP contribution < -0.4 is 5.32 Å². The number of fused-ring (bicyclic) bond motifs is 1. The van der Waals surface area contributed by atoms with Crippen molar-refractivity contribution in [1.82, 2.24) is 10.3 Å². The van der Waals surface area contributed by atoms with E-state index in [1.54, 1.807) is 0 Å². The second kappa shape index (κ2) is 5.54. The number of aromatic nitrogens is 1. The molecule has 2 aromatic rings. The van der Waals surface area contributed by atoms with Gasteiger partial charge < -0.3 is 5.32 Å². The van der Waals surface area contributed by atoms with Crippen LogP contribution in [0.1, 0.15) is 46.4 Å². The van der Waals surface area contributed by atoms with Crippen LogP contribution >= 0.6 is 34.5 Å². The maximum absolute atomic E-state index is 6.42. The lowest BCUT2D eigenvalue weighted by Crippen LogP contribution is -2.24. The molecule has 1 N–H and O–H groups in total. The van der Waals surface area contributed by atoms with Crippen LogP contribution in [0.2, 0.25) is 10.0 Å². The molecule has 1 atom stereocenters. The van der Waals surface area contributed by atoms with Crippen molar-refractivity contribution in [3.05, 3.63) is 49.4 Å². The van der Waals surface area contributed by atoms with Gasteiger partial charge >= 0.3 is 0 Å². The Kier molecular flexibility index (Phi) is 3.70. The van der Waals surface area contributed by atoms with Crippen LogP contribution in [-0.2, 0) is 12.8 Å². The zero-order chi connectivity index (χ0) is 14.4. The molecule has 4 rings (SSSR count). The smallest absolute Gasteiger partial charge is 0.115 e. The molecule has 110 valence electrons. The Morgan fingerprint density at radius 2 is 2.10 bits per heavy atom. The van der Waals surface area contributed by atoms with Crippen molar-refractivity contribution >= 4 is 34.5 Å². The summed E-state index contributed by atoms with van der Waals surface area (Å²) in [5.74, 6) is 0. The largest absolute Gasteiger partial charge is 0.301 e. The summed E-state index contributed by atoms with van der Waals surface area (Å²) in [6.07, 6.45) is 6.00. The molecule has 2 aliphatic carbocycles. The van der Waals surface area contributed by atoms with Crippen molar-refractivity contribution < 1.29 is 0 Å². The molecule has 2 aliphatic rings. The average Bonchev–Trinajstić information content (AvgIpc) is 3.02. The predicted molar refractivity (Wildman–Crippen MR) is 88.6 cm³/mol. The van der Waals surface area contributed by atoms with E-state index in [0.29, 0.717) is 6.04 Å². The Bertz CT molecular complexity index is 657. The topological polar surface area (TPSA) is 24.9 Å². The van der Waals surface area contributed by atoms with Gasteiger partial charge in [-0.25, -0.2) is 4.98 Å². The number of hydrogen-bond donors (Lipinski definition) is 1. The Balaban J connectivity index is 1.74. The normalized spacial score (nSPS) is 18.8. The van der Waals surface area contributed by atoms with Gasteiger partial charge in [0.2, 0.25) is 0 Å². The Hall–Kier alpha value is -0.610. The minimum absolute atomic E-state index is 0.0688. The van der Waals surface area contributed by atoms with E-state index in [0.717, 1.165) is 27.0 Å². The second-order valence-electron chi connectivity index (χ2n) is 5.82. The summed E-state index contributed by atoms with van der Waals surface area (Å²) in [5.41, 5.74) is 2.33. The van der Waals surface area contributed by atoms with Crippen LogP contribution in [0.25, 0.3) is 0 Å². The predicted octanol–water partition coefficient (Wildman–Crippen LogP) is 4.78. The number of nitrogens with one attached hydrogen (secondary N) is 1. The molecule has 1 aromatic heterocycles. The molecule has 2 nitrogen and oxygen atoms in total. The molecule has 0 amide bonds. The van der Waals surface area contributed by atoms with Gasteiger partial charge in [0.25, 0.3) is 0 Å². The van der Waals surface area contributed by atoms with Crippen LogP contribution in [0.3, 0.4) is 0 Å². The van der Waals surface area contributed by atoms with E-state index < -0.39 is 0 Å². The fourth-order valence-electron chi connectivity index (χ4n) is 2.85. The molecule has 0 bridgehead atoms. The zero-order valence-electron chi connectivity index (χ0n) is 11.5. The van der Waals surface area contributed by atoms with Gasteiger partial charge in [-0.3, -0.25) is 0 Å². The van der Waals surface area contributed by atoms with Gasteiger partial charge in [-0.05, 0) is 55.9 Å². The molecule has 0 spiro atoms. The fourth-order valence-corrected chi connectivity index (χ4v) is 4.49. The van der Waals surface area contributed by atoms with Crippen LogP contribution in [0.15, 0.2) is 18.2 Å². The number of aryl methyl sites for hydroxylation is 2. The molecule has 1 heterocycles. The van der Waals surface area contributed by atoms with Gasteiger partial charge in [0, 0.05) is 21.0 Å². The average molecular weight is 339 g/mol. The van der Waals surface area contributed by atoms with Crippen LogP contribution in [0, 0.1) is 0 Å². The second-order valence-corrected chi connectivity index (χ2v) is 7.77. The summed E-state index contributed by atoms with van der Waals surface area (Å²) < 4.78 is 0. The Morgan fingerprint density at radius 1 is 1.24 bits per heavy atom. The maximum Gasteiger partial charge on any atom is 0.115 e. The minimum Gasteiger partial charge on any atom is -0.301 e. The number of nitrogens with zero attached hydrogens (tertiary/aromatic N) is 1. The van der Waals surface area contributed by atoms with Crippen molar-refractivity contribution in [3.63, 3.8) is 0 Å². The molecule has 0 aliphatic heterocycles. The first-order valence-electron chi connectivity index (χ1n) is 7.40. The van der Waals surface area contributed by atoms with Gasteiger partial charge in [0.1, 0.15) is 5.01 Å². The third kappa shape index (κ3) is 2.85. The summed E-state index contributed by atoms with van der Waals surface area (Å²) in [5, 5.41) is 6.30. The van der Waals surface area contributed by atoms with Crippen LogP contribution in [0.4, 0.5) is 0 Å². The number of benzene rings is 1. The highest BCUT2D eigenvalue weighted by atomic mass is 35.5. The quantitative estimate of drug-likeness (QED) is 0.867. The molecular weight excluding hydrogens is 323 g/mol. The maximum atomic E-state index is 6.42. The zero-order valence-corrected chi connectivity index (χ0v) is 13.9.